The number of benzene rings is 1. The van der Waals surface area contributed by atoms with Crippen molar-refractivity contribution < 1.29 is 13.7 Å². The Bertz CT molecular complexity index is 984. The summed E-state index contributed by atoms with van der Waals surface area (Å²) in [4.78, 5) is 20.5. The van der Waals surface area contributed by atoms with E-state index in [-0.39, 0.29) is 0 Å². The number of hydrogen-bond donors (Lipinski definition) is 2. The molecular formula is C19H20FN5O2. The standard InChI is InChI=1S/C19H20FN5O2/c1-11-5-6-13(14-7-15(20)10-21-9-14)8-16(11)23-18(26)24-19(3,4)17-22-12(2)25-27-17/h5-10H,1-4H3,(H2,23,24,26). The molecule has 0 saturated heterocycles. The maximum atomic E-state index is 13.4. The van der Waals surface area contributed by atoms with Crippen LogP contribution in [0.3, 0.4) is 0 Å². The summed E-state index contributed by atoms with van der Waals surface area (Å²) in [6.45, 7) is 7.11. The number of aryl methyl sites for hydroxylation is 2. The second-order valence-electron chi connectivity index (χ2n) is 6.77. The van der Waals surface area contributed by atoms with Crippen molar-refractivity contribution in [3.05, 3.63) is 59.8 Å². The van der Waals surface area contributed by atoms with Crippen LogP contribution in [0.15, 0.2) is 41.2 Å². The molecule has 0 spiro atoms. The molecule has 0 aliphatic heterocycles. The zero-order valence-corrected chi connectivity index (χ0v) is 15.5. The van der Waals surface area contributed by atoms with Gasteiger partial charge in [-0.2, -0.15) is 4.98 Å². The summed E-state index contributed by atoms with van der Waals surface area (Å²) < 4.78 is 18.6. The van der Waals surface area contributed by atoms with Crippen molar-refractivity contribution in [2.75, 3.05) is 5.32 Å². The predicted octanol–water partition coefficient (Wildman–Crippen LogP) is 3.94. The number of nitrogens with zero attached hydrogens (tertiary/aromatic N) is 3. The largest absolute Gasteiger partial charge is 0.337 e. The molecule has 0 saturated carbocycles. The third-order valence-electron chi connectivity index (χ3n) is 4.01. The molecule has 7 nitrogen and oxygen atoms in total. The van der Waals surface area contributed by atoms with Crippen LogP contribution in [0.4, 0.5) is 14.9 Å². The second kappa shape index (κ2) is 7.14. The highest BCUT2D eigenvalue weighted by atomic mass is 19.1. The average Bonchev–Trinajstić information content (AvgIpc) is 3.04. The van der Waals surface area contributed by atoms with Crippen LogP contribution in [0.5, 0.6) is 0 Å². The zero-order valence-electron chi connectivity index (χ0n) is 15.5. The number of rotatable bonds is 4. The number of nitrogens with one attached hydrogen (secondary N) is 2. The number of amides is 2. The lowest BCUT2D eigenvalue weighted by Gasteiger charge is -2.22. The molecule has 2 N–H and O–H groups in total. The van der Waals surface area contributed by atoms with E-state index in [9.17, 15) is 9.18 Å². The van der Waals surface area contributed by atoms with Gasteiger partial charge in [0.15, 0.2) is 5.82 Å². The molecule has 2 aromatic heterocycles. The van der Waals surface area contributed by atoms with Crippen molar-refractivity contribution in [2.45, 2.75) is 33.2 Å². The van der Waals surface area contributed by atoms with Gasteiger partial charge in [0.2, 0.25) is 0 Å². The number of anilines is 1. The molecule has 8 heteroatoms. The Labute approximate surface area is 156 Å². The van der Waals surface area contributed by atoms with Gasteiger partial charge in [0.1, 0.15) is 11.4 Å². The highest BCUT2D eigenvalue weighted by Gasteiger charge is 2.29. The molecule has 0 fully saturated rings. The number of carbonyl (C=O) groups is 1. The van der Waals surface area contributed by atoms with Gasteiger partial charge in [0, 0.05) is 17.4 Å². The van der Waals surface area contributed by atoms with E-state index in [1.54, 1.807) is 33.0 Å². The Hall–Kier alpha value is -3.29. The number of halogens is 1. The quantitative estimate of drug-likeness (QED) is 0.726. The second-order valence-corrected chi connectivity index (χ2v) is 6.77. The highest BCUT2D eigenvalue weighted by molar-refractivity contribution is 5.91. The molecule has 1 aromatic carbocycles. The molecule has 0 aliphatic rings. The van der Waals surface area contributed by atoms with Crippen molar-refractivity contribution in [1.29, 1.82) is 0 Å². The van der Waals surface area contributed by atoms with Gasteiger partial charge in [-0.3, -0.25) is 4.98 Å². The van der Waals surface area contributed by atoms with Crippen molar-refractivity contribution in [2.24, 2.45) is 0 Å². The Kier molecular flexibility index (Phi) is 4.89. The van der Waals surface area contributed by atoms with Gasteiger partial charge < -0.3 is 15.2 Å². The van der Waals surface area contributed by atoms with E-state index in [0.29, 0.717) is 23.0 Å². The van der Waals surface area contributed by atoms with Crippen LogP contribution >= 0.6 is 0 Å². The summed E-state index contributed by atoms with van der Waals surface area (Å²) >= 11 is 0. The molecule has 0 aliphatic carbocycles. The van der Waals surface area contributed by atoms with Gasteiger partial charge in [0.05, 0.1) is 6.20 Å². The molecule has 27 heavy (non-hydrogen) atoms. The summed E-state index contributed by atoms with van der Waals surface area (Å²) in [5.74, 6) is 0.385. The fourth-order valence-electron chi connectivity index (χ4n) is 2.55. The first-order valence-corrected chi connectivity index (χ1v) is 8.36. The lowest BCUT2D eigenvalue weighted by Crippen LogP contribution is -2.43. The van der Waals surface area contributed by atoms with Crippen LogP contribution in [-0.2, 0) is 5.54 Å². The van der Waals surface area contributed by atoms with Crippen LogP contribution < -0.4 is 10.6 Å². The molecule has 0 bridgehead atoms. The molecular weight excluding hydrogens is 349 g/mol. The molecule has 0 radical (unpaired) electrons. The van der Waals surface area contributed by atoms with E-state index in [1.165, 1.54) is 6.07 Å². The van der Waals surface area contributed by atoms with Crippen LogP contribution in [0.25, 0.3) is 11.1 Å². The van der Waals surface area contributed by atoms with Crippen molar-refractivity contribution in [3.63, 3.8) is 0 Å². The van der Waals surface area contributed by atoms with E-state index in [2.05, 4.69) is 25.8 Å². The van der Waals surface area contributed by atoms with Crippen molar-refractivity contribution in [1.82, 2.24) is 20.4 Å². The van der Waals surface area contributed by atoms with E-state index in [1.807, 2.05) is 19.1 Å². The first kappa shape index (κ1) is 18.5. The SMILES string of the molecule is Cc1noc(C(C)(C)NC(=O)Nc2cc(-c3cncc(F)c3)ccc2C)n1. The Morgan fingerprint density at radius 1 is 1.15 bits per heavy atom. The predicted molar refractivity (Wildman–Crippen MR) is 98.6 cm³/mol. The summed E-state index contributed by atoms with van der Waals surface area (Å²) in [6.07, 6.45) is 2.71. The number of carbonyl (C=O) groups excluding carboxylic acids is 1. The van der Waals surface area contributed by atoms with E-state index >= 15 is 0 Å². The lowest BCUT2D eigenvalue weighted by molar-refractivity contribution is 0.228. The third kappa shape index (κ3) is 4.28. The monoisotopic (exact) mass is 369 g/mol. The fraction of sp³-hybridized carbons (Fsp3) is 0.263. The summed E-state index contributed by atoms with van der Waals surface area (Å²) in [6, 6.07) is 6.44. The van der Waals surface area contributed by atoms with Crippen molar-refractivity contribution >= 4 is 11.7 Å². The van der Waals surface area contributed by atoms with E-state index < -0.39 is 17.4 Å². The number of urea groups is 1. The highest BCUT2D eigenvalue weighted by Crippen LogP contribution is 2.26. The van der Waals surface area contributed by atoms with Crippen LogP contribution in [-0.4, -0.2) is 21.2 Å². The number of pyridine rings is 1. The fourth-order valence-corrected chi connectivity index (χ4v) is 2.55. The molecule has 0 atom stereocenters. The minimum absolute atomic E-state index is 0.312. The maximum Gasteiger partial charge on any atom is 0.320 e. The molecule has 2 amide bonds. The van der Waals surface area contributed by atoms with Crippen LogP contribution in [0.2, 0.25) is 0 Å². The Morgan fingerprint density at radius 2 is 1.93 bits per heavy atom. The summed E-state index contributed by atoms with van der Waals surface area (Å²) in [7, 11) is 0. The smallest absolute Gasteiger partial charge is 0.320 e. The van der Waals surface area contributed by atoms with Gasteiger partial charge >= 0.3 is 6.03 Å². The third-order valence-corrected chi connectivity index (χ3v) is 4.01. The molecule has 0 unspecified atom stereocenters. The van der Waals surface area contributed by atoms with Gasteiger partial charge in [-0.15, -0.1) is 0 Å². The maximum absolute atomic E-state index is 13.4. The number of hydrogen-bond acceptors (Lipinski definition) is 5. The van der Waals surface area contributed by atoms with Gasteiger partial charge in [-0.05, 0) is 51.0 Å². The van der Waals surface area contributed by atoms with E-state index in [0.717, 1.165) is 17.3 Å². The van der Waals surface area contributed by atoms with Gasteiger partial charge in [-0.25, -0.2) is 9.18 Å². The first-order valence-electron chi connectivity index (χ1n) is 8.36. The minimum atomic E-state index is -0.844. The van der Waals surface area contributed by atoms with Gasteiger partial charge in [-0.1, -0.05) is 17.3 Å². The Balaban J connectivity index is 1.78. The van der Waals surface area contributed by atoms with Crippen LogP contribution in [0.1, 0.15) is 31.1 Å². The zero-order chi connectivity index (χ0) is 19.6. The molecule has 3 rings (SSSR count). The van der Waals surface area contributed by atoms with E-state index in [4.69, 9.17) is 4.52 Å². The molecule has 2 heterocycles. The number of aromatic nitrogens is 3. The first-order chi connectivity index (χ1) is 12.7. The summed E-state index contributed by atoms with van der Waals surface area (Å²) in [5, 5.41) is 9.37. The average molecular weight is 369 g/mol. The topological polar surface area (TPSA) is 92.9 Å². The minimum Gasteiger partial charge on any atom is -0.337 e. The molecule has 3 aromatic rings. The molecule has 140 valence electrons. The Morgan fingerprint density at radius 3 is 2.59 bits per heavy atom. The normalized spacial score (nSPS) is 11.3. The van der Waals surface area contributed by atoms with Crippen LogP contribution in [0, 0.1) is 19.7 Å². The van der Waals surface area contributed by atoms with Gasteiger partial charge in [0.25, 0.3) is 5.89 Å². The van der Waals surface area contributed by atoms with Crippen molar-refractivity contribution in [3.8, 4) is 11.1 Å². The lowest BCUT2D eigenvalue weighted by atomic mass is 10.0. The summed E-state index contributed by atoms with van der Waals surface area (Å²) in [5.41, 5.74) is 2.00.